The third-order valence-corrected chi connectivity index (χ3v) is 10.6. The Bertz CT molecular complexity index is 670. The normalized spacial score (nSPS) is 13.6. The van der Waals surface area contributed by atoms with Gasteiger partial charge in [-0.05, 0) is 12.8 Å². The summed E-state index contributed by atoms with van der Waals surface area (Å²) in [6, 6.07) is 0. The molecule has 3 N–H and O–H groups in total. The van der Waals surface area contributed by atoms with Crippen molar-refractivity contribution in [1.82, 2.24) is 0 Å². The van der Waals surface area contributed by atoms with Crippen LogP contribution in [0.15, 0.2) is 0 Å². The number of phosphoric acid groups is 1. The largest absolute Gasteiger partial charge is 0.472 e. The maximum absolute atomic E-state index is 12.1. The molecule has 0 fully saturated rings. The summed E-state index contributed by atoms with van der Waals surface area (Å²) in [6.07, 6.45) is 42.5. The first kappa shape index (κ1) is 49.0. The van der Waals surface area contributed by atoms with Gasteiger partial charge in [-0.1, -0.05) is 206 Å². The Morgan fingerprint density at radius 1 is 0.449 bits per heavy atom. The smallest absolute Gasteiger partial charge is 0.379 e. The molecule has 0 aromatic rings. The van der Waals surface area contributed by atoms with Crippen LogP contribution >= 0.6 is 7.82 Å². The van der Waals surface area contributed by atoms with Gasteiger partial charge in [0.25, 0.3) is 0 Å². The minimum absolute atomic E-state index is 0.0196. The molecule has 49 heavy (non-hydrogen) atoms. The number of phosphoric ester groups is 1. The fraction of sp³-hybridized carbons (Fsp3) is 1.00. The molecule has 296 valence electrons. The first-order chi connectivity index (χ1) is 24.1. The lowest BCUT2D eigenvalue weighted by Crippen LogP contribution is -2.26. The molecule has 0 aliphatic heterocycles. The first-order valence-electron chi connectivity index (χ1n) is 21.6. The second kappa shape index (κ2) is 40.8. The Labute approximate surface area is 305 Å². The van der Waals surface area contributed by atoms with Gasteiger partial charge in [-0.15, -0.1) is 0 Å². The number of hydrogen-bond acceptors (Lipinski definition) is 6. The van der Waals surface area contributed by atoms with Crippen LogP contribution in [0.4, 0.5) is 0 Å². The molecule has 0 heterocycles. The molecule has 0 saturated heterocycles. The Kier molecular flexibility index (Phi) is 40.7. The maximum atomic E-state index is 12.1. The highest BCUT2D eigenvalue weighted by atomic mass is 31.2. The van der Waals surface area contributed by atoms with Gasteiger partial charge in [-0.2, -0.15) is 0 Å². The third-order valence-electron chi connectivity index (χ3n) is 9.59. The van der Waals surface area contributed by atoms with Gasteiger partial charge in [-0.3, -0.25) is 9.05 Å². The summed E-state index contributed by atoms with van der Waals surface area (Å²) in [5, 5.41) is 0. The standard InChI is InChI=1S/C41H86NO6P/c1-3-5-7-9-11-13-15-17-19-21-23-25-27-29-31-33-36-45-39-41(40-48-49(43,44)47-38-35-42)46-37-34-32-30-28-26-24-22-20-18-16-14-12-10-8-6-4-2/h41H,3-40,42H2,1-2H3,(H,43,44)/t41-/m1/s1. The topological polar surface area (TPSA) is 100 Å². The summed E-state index contributed by atoms with van der Waals surface area (Å²) in [7, 11) is -4.13. The molecule has 2 atom stereocenters. The van der Waals surface area contributed by atoms with Gasteiger partial charge in [0.2, 0.25) is 0 Å². The summed E-state index contributed by atoms with van der Waals surface area (Å²) in [6.45, 7) is 6.31. The molecule has 7 nitrogen and oxygen atoms in total. The molecule has 0 saturated carbocycles. The van der Waals surface area contributed by atoms with E-state index in [0.717, 1.165) is 19.3 Å². The van der Waals surface area contributed by atoms with Crippen LogP contribution in [0, 0.1) is 0 Å². The number of nitrogens with two attached hydrogens (primary N) is 1. The van der Waals surface area contributed by atoms with Gasteiger partial charge in [0.1, 0.15) is 6.10 Å². The van der Waals surface area contributed by atoms with Crippen molar-refractivity contribution in [2.24, 2.45) is 5.73 Å². The maximum Gasteiger partial charge on any atom is 0.472 e. The summed E-state index contributed by atoms with van der Waals surface area (Å²) in [5.74, 6) is 0. The van der Waals surface area contributed by atoms with Crippen molar-refractivity contribution in [2.45, 2.75) is 225 Å². The van der Waals surface area contributed by atoms with E-state index in [2.05, 4.69) is 13.8 Å². The van der Waals surface area contributed by atoms with Crippen molar-refractivity contribution < 1.29 is 28.0 Å². The predicted molar refractivity (Wildman–Crippen MR) is 210 cm³/mol. The zero-order chi connectivity index (χ0) is 35.8. The molecule has 0 aromatic heterocycles. The predicted octanol–water partition coefficient (Wildman–Crippen LogP) is 13.0. The minimum Gasteiger partial charge on any atom is -0.379 e. The monoisotopic (exact) mass is 720 g/mol. The van der Waals surface area contributed by atoms with E-state index in [1.807, 2.05) is 0 Å². The van der Waals surface area contributed by atoms with E-state index in [1.54, 1.807) is 0 Å². The van der Waals surface area contributed by atoms with Crippen LogP contribution in [0.2, 0.25) is 0 Å². The minimum atomic E-state index is -4.13. The lowest BCUT2D eigenvalue weighted by molar-refractivity contribution is -0.0443. The van der Waals surface area contributed by atoms with E-state index >= 15 is 0 Å². The number of unbranched alkanes of at least 4 members (excludes halogenated alkanes) is 30. The zero-order valence-corrected chi connectivity index (χ0v) is 33.9. The Balaban J connectivity index is 3.84. The van der Waals surface area contributed by atoms with Crippen molar-refractivity contribution in [3.8, 4) is 0 Å². The SMILES string of the molecule is CCCCCCCCCCCCCCCCCCOC[C@H](COP(=O)(O)OCCN)OCCCCCCCCCCCCCCCCCC. The highest BCUT2D eigenvalue weighted by molar-refractivity contribution is 7.47. The number of rotatable bonds is 43. The van der Waals surface area contributed by atoms with Crippen LogP contribution < -0.4 is 5.73 Å². The molecular weight excluding hydrogens is 633 g/mol. The number of hydrogen-bond donors (Lipinski definition) is 2. The van der Waals surface area contributed by atoms with Crippen LogP contribution in [0.1, 0.15) is 219 Å². The van der Waals surface area contributed by atoms with Crippen LogP contribution in [0.3, 0.4) is 0 Å². The van der Waals surface area contributed by atoms with E-state index in [-0.39, 0.29) is 25.9 Å². The van der Waals surface area contributed by atoms with Crippen molar-refractivity contribution in [3.63, 3.8) is 0 Å². The second-order valence-electron chi connectivity index (χ2n) is 14.6. The average molecular weight is 720 g/mol. The van der Waals surface area contributed by atoms with Crippen LogP contribution in [0.5, 0.6) is 0 Å². The van der Waals surface area contributed by atoms with Gasteiger partial charge >= 0.3 is 7.82 Å². The Hall–Kier alpha value is -0.0100. The molecular formula is C41H86NO6P. The molecule has 0 bridgehead atoms. The van der Waals surface area contributed by atoms with E-state index in [9.17, 15) is 9.46 Å². The summed E-state index contributed by atoms with van der Waals surface area (Å²) in [5.41, 5.74) is 5.39. The molecule has 0 rings (SSSR count). The summed E-state index contributed by atoms with van der Waals surface area (Å²) in [4.78, 5) is 9.90. The van der Waals surface area contributed by atoms with E-state index in [1.165, 1.54) is 186 Å². The quantitative estimate of drug-likeness (QED) is 0.0478. The summed E-state index contributed by atoms with van der Waals surface area (Å²) < 4.78 is 34.1. The van der Waals surface area contributed by atoms with Crippen molar-refractivity contribution in [2.75, 3.05) is 39.6 Å². The lowest BCUT2D eigenvalue weighted by Gasteiger charge is -2.20. The van der Waals surface area contributed by atoms with E-state index in [4.69, 9.17) is 24.3 Å². The summed E-state index contributed by atoms with van der Waals surface area (Å²) >= 11 is 0. The van der Waals surface area contributed by atoms with Crippen molar-refractivity contribution in [3.05, 3.63) is 0 Å². The highest BCUT2D eigenvalue weighted by Gasteiger charge is 2.23. The molecule has 8 heteroatoms. The van der Waals surface area contributed by atoms with Crippen LogP contribution in [-0.2, 0) is 23.1 Å². The van der Waals surface area contributed by atoms with Crippen LogP contribution in [-0.4, -0.2) is 50.6 Å². The first-order valence-corrected chi connectivity index (χ1v) is 23.1. The molecule has 0 radical (unpaired) electrons. The second-order valence-corrected chi connectivity index (χ2v) is 16.0. The van der Waals surface area contributed by atoms with Gasteiger partial charge in [0.05, 0.1) is 19.8 Å². The molecule has 0 amide bonds. The van der Waals surface area contributed by atoms with Gasteiger partial charge in [0, 0.05) is 19.8 Å². The van der Waals surface area contributed by atoms with E-state index in [0.29, 0.717) is 19.8 Å². The van der Waals surface area contributed by atoms with E-state index < -0.39 is 7.82 Å². The van der Waals surface area contributed by atoms with Crippen molar-refractivity contribution in [1.29, 1.82) is 0 Å². The Morgan fingerprint density at radius 2 is 0.776 bits per heavy atom. The van der Waals surface area contributed by atoms with Gasteiger partial charge in [-0.25, -0.2) is 4.57 Å². The van der Waals surface area contributed by atoms with Crippen molar-refractivity contribution >= 4 is 7.82 Å². The molecule has 0 spiro atoms. The zero-order valence-electron chi connectivity index (χ0n) is 33.0. The lowest BCUT2D eigenvalue weighted by atomic mass is 10.0. The van der Waals surface area contributed by atoms with Gasteiger partial charge < -0.3 is 20.1 Å². The van der Waals surface area contributed by atoms with Gasteiger partial charge in [0.15, 0.2) is 0 Å². The Morgan fingerprint density at radius 3 is 1.12 bits per heavy atom. The van der Waals surface area contributed by atoms with Crippen LogP contribution in [0.25, 0.3) is 0 Å². The number of ether oxygens (including phenoxy) is 2. The highest BCUT2D eigenvalue weighted by Crippen LogP contribution is 2.43. The third kappa shape index (κ3) is 40.6. The molecule has 0 aliphatic carbocycles. The molecule has 0 aliphatic rings. The fourth-order valence-electron chi connectivity index (χ4n) is 6.39. The molecule has 1 unspecified atom stereocenters. The average Bonchev–Trinajstić information content (AvgIpc) is 3.10. The fourth-order valence-corrected chi connectivity index (χ4v) is 7.16. The molecule has 0 aromatic carbocycles.